The number of rotatable bonds is 2. The quantitative estimate of drug-likeness (QED) is 0.656. The third kappa shape index (κ3) is 0.901. The van der Waals surface area contributed by atoms with Gasteiger partial charge in [0, 0.05) is 6.42 Å². The number of hydrogen-bond acceptors (Lipinski definition) is 1. The summed E-state index contributed by atoms with van der Waals surface area (Å²) in [4.78, 5) is 0. The second-order valence-electron chi connectivity index (χ2n) is 3.36. The Kier molecular flexibility index (Phi) is 1.55. The van der Waals surface area contributed by atoms with Gasteiger partial charge in [-0.3, -0.25) is 0 Å². The molecule has 1 atom stereocenters. The summed E-state index contributed by atoms with van der Waals surface area (Å²) in [5.41, 5.74) is 1.73. The van der Waals surface area contributed by atoms with Crippen molar-refractivity contribution in [1.29, 1.82) is 0 Å². The highest BCUT2D eigenvalue weighted by Crippen LogP contribution is 2.41. The topological polar surface area (TPSA) is 20.2 Å². The Bertz CT molecular complexity index is 317. The zero-order valence-electron chi connectivity index (χ0n) is 6.96. The van der Waals surface area contributed by atoms with Crippen molar-refractivity contribution in [3.63, 3.8) is 0 Å². The largest absolute Gasteiger partial charge is 0.384 e. The number of aliphatic hydroxyl groups is 1. The number of benzene rings is 1. The van der Waals surface area contributed by atoms with Gasteiger partial charge in [-0.15, -0.1) is 6.58 Å². The molecule has 1 aliphatic carbocycles. The molecule has 0 spiro atoms. The Hall–Kier alpha value is -1.08. The maximum absolute atomic E-state index is 9.99. The van der Waals surface area contributed by atoms with Crippen LogP contribution in [0.2, 0.25) is 0 Å². The van der Waals surface area contributed by atoms with E-state index in [0.717, 1.165) is 12.0 Å². The molecular weight excluding hydrogens is 148 g/mol. The van der Waals surface area contributed by atoms with Crippen molar-refractivity contribution in [2.24, 2.45) is 0 Å². The predicted octanol–water partition coefficient (Wildman–Crippen LogP) is 2.01. The molecule has 0 aromatic heterocycles. The molecule has 0 bridgehead atoms. The second-order valence-corrected chi connectivity index (χ2v) is 3.36. The summed E-state index contributed by atoms with van der Waals surface area (Å²) in [5, 5.41) is 9.99. The lowest BCUT2D eigenvalue weighted by atomic mass is 9.72. The van der Waals surface area contributed by atoms with Crippen molar-refractivity contribution in [2.45, 2.75) is 18.4 Å². The summed E-state index contributed by atoms with van der Waals surface area (Å²) < 4.78 is 0. The molecule has 0 aliphatic heterocycles. The standard InChI is InChI=1S/C11H12O/c1-2-7-11(12)8-9-5-3-4-6-10(9)11/h2-6,12H,1,7-8H2/t11-/m0/s1. The Morgan fingerprint density at radius 2 is 2.25 bits per heavy atom. The minimum Gasteiger partial charge on any atom is -0.384 e. The van der Waals surface area contributed by atoms with E-state index in [2.05, 4.69) is 12.6 Å². The highest BCUT2D eigenvalue weighted by atomic mass is 16.3. The lowest BCUT2D eigenvalue weighted by Crippen LogP contribution is -2.37. The van der Waals surface area contributed by atoms with Crippen molar-refractivity contribution in [3.05, 3.63) is 48.0 Å². The predicted molar refractivity (Wildman–Crippen MR) is 48.9 cm³/mol. The van der Waals surface area contributed by atoms with Crippen LogP contribution in [0.4, 0.5) is 0 Å². The molecular formula is C11H12O. The van der Waals surface area contributed by atoms with Gasteiger partial charge >= 0.3 is 0 Å². The average molecular weight is 160 g/mol. The molecule has 0 unspecified atom stereocenters. The van der Waals surface area contributed by atoms with Crippen LogP contribution in [0.3, 0.4) is 0 Å². The van der Waals surface area contributed by atoms with E-state index in [0.29, 0.717) is 6.42 Å². The SMILES string of the molecule is C=CC[C@]1(O)Cc2ccccc21. The van der Waals surface area contributed by atoms with E-state index >= 15 is 0 Å². The number of fused-ring (bicyclic) bond motifs is 1. The van der Waals surface area contributed by atoms with Gasteiger partial charge in [0.1, 0.15) is 0 Å². The highest BCUT2D eigenvalue weighted by molar-refractivity contribution is 5.42. The van der Waals surface area contributed by atoms with E-state index in [1.54, 1.807) is 6.08 Å². The van der Waals surface area contributed by atoms with Gasteiger partial charge in [-0.1, -0.05) is 30.3 Å². The van der Waals surface area contributed by atoms with Crippen LogP contribution < -0.4 is 0 Å². The Labute approximate surface area is 72.4 Å². The molecule has 1 nitrogen and oxygen atoms in total. The molecule has 0 saturated heterocycles. The number of hydrogen-bond donors (Lipinski definition) is 1. The molecule has 2 rings (SSSR count). The van der Waals surface area contributed by atoms with Crippen LogP contribution in [0.5, 0.6) is 0 Å². The molecule has 1 aromatic rings. The smallest absolute Gasteiger partial charge is 0.0973 e. The Balaban J connectivity index is 2.34. The van der Waals surface area contributed by atoms with Crippen LogP contribution in [0.1, 0.15) is 17.5 Å². The van der Waals surface area contributed by atoms with Crippen LogP contribution in [0.15, 0.2) is 36.9 Å². The van der Waals surface area contributed by atoms with Crippen LogP contribution >= 0.6 is 0 Å². The van der Waals surface area contributed by atoms with Crippen molar-refractivity contribution >= 4 is 0 Å². The summed E-state index contributed by atoms with van der Waals surface area (Å²) >= 11 is 0. The summed E-state index contributed by atoms with van der Waals surface area (Å²) in [7, 11) is 0. The lowest BCUT2D eigenvalue weighted by Gasteiger charge is -2.38. The normalized spacial score (nSPS) is 25.8. The van der Waals surface area contributed by atoms with Crippen LogP contribution in [-0.4, -0.2) is 5.11 Å². The molecule has 0 saturated carbocycles. The van der Waals surface area contributed by atoms with Gasteiger partial charge in [-0.2, -0.15) is 0 Å². The molecule has 62 valence electrons. The molecule has 0 heterocycles. The second kappa shape index (κ2) is 2.46. The molecule has 1 aromatic carbocycles. The first-order valence-corrected chi connectivity index (χ1v) is 4.18. The zero-order valence-corrected chi connectivity index (χ0v) is 6.96. The van der Waals surface area contributed by atoms with E-state index in [4.69, 9.17) is 0 Å². The van der Waals surface area contributed by atoms with Gasteiger partial charge in [0.2, 0.25) is 0 Å². The van der Waals surface area contributed by atoms with Gasteiger partial charge in [0.15, 0.2) is 0 Å². The van der Waals surface area contributed by atoms with E-state index in [-0.39, 0.29) is 0 Å². The van der Waals surface area contributed by atoms with Gasteiger partial charge in [0.05, 0.1) is 5.60 Å². The fourth-order valence-corrected chi connectivity index (χ4v) is 1.85. The van der Waals surface area contributed by atoms with E-state index in [9.17, 15) is 5.11 Å². The molecule has 0 amide bonds. The Morgan fingerprint density at radius 1 is 1.50 bits per heavy atom. The summed E-state index contributed by atoms with van der Waals surface area (Å²) in [5.74, 6) is 0. The van der Waals surface area contributed by atoms with E-state index < -0.39 is 5.60 Å². The summed E-state index contributed by atoms with van der Waals surface area (Å²) in [6.45, 7) is 3.64. The van der Waals surface area contributed by atoms with Crippen molar-refractivity contribution < 1.29 is 5.11 Å². The fraction of sp³-hybridized carbons (Fsp3) is 0.273. The van der Waals surface area contributed by atoms with Crippen molar-refractivity contribution in [3.8, 4) is 0 Å². The van der Waals surface area contributed by atoms with Gasteiger partial charge in [-0.25, -0.2) is 0 Å². The summed E-state index contributed by atoms with van der Waals surface area (Å²) in [6.07, 6.45) is 3.20. The van der Waals surface area contributed by atoms with Crippen molar-refractivity contribution in [1.82, 2.24) is 0 Å². The molecule has 1 N–H and O–H groups in total. The van der Waals surface area contributed by atoms with Crippen LogP contribution in [0.25, 0.3) is 0 Å². The molecule has 12 heavy (non-hydrogen) atoms. The van der Waals surface area contributed by atoms with Crippen LogP contribution in [-0.2, 0) is 12.0 Å². The lowest BCUT2D eigenvalue weighted by molar-refractivity contribution is 0.0158. The molecule has 0 fully saturated rings. The minimum atomic E-state index is -0.613. The molecule has 1 heteroatoms. The minimum absolute atomic E-state index is 0.613. The molecule has 0 radical (unpaired) electrons. The van der Waals surface area contributed by atoms with Gasteiger partial charge < -0.3 is 5.11 Å². The third-order valence-corrected chi connectivity index (χ3v) is 2.48. The third-order valence-electron chi connectivity index (χ3n) is 2.48. The summed E-state index contributed by atoms with van der Waals surface area (Å²) in [6, 6.07) is 8.02. The Morgan fingerprint density at radius 3 is 2.92 bits per heavy atom. The van der Waals surface area contributed by atoms with Crippen LogP contribution in [0, 0.1) is 0 Å². The average Bonchev–Trinajstić information content (AvgIpc) is 2.04. The highest BCUT2D eigenvalue weighted by Gasteiger charge is 2.38. The van der Waals surface area contributed by atoms with E-state index in [1.807, 2.05) is 18.2 Å². The fourth-order valence-electron chi connectivity index (χ4n) is 1.85. The molecule has 1 aliphatic rings. The first kappa shape index (κ1) is 7.56. The van der Waals surface area contributed by atoms with Crippen molar-refractivity contribution in [2.75, 3.05) is 0 Å². The maximum atomic E-state index is 9.99. The van der Waals surface area contributed by atoms with Gasteiger partial charge in [-0.05, 0) is 17.5 Å². The first-order valence-electron chi connectivity index (χ1n) is 4.18. The maximum Gasteiger partial charge on any atom is 0.0973 e. The monoisotopic (exact) mass is 160 g/mol. The first-order chi connectivity index (χ1) is 5.76. The van der Waals surface area contributed by atoms with Gasteiger partial charge in [0.25, 0.3) is 0 Å². The van der Waals surface area contributed by atoms with E-state index in [1.165, 1.54) is 5.56 Å². The zero-order chi connectivity index (χ0) is 8.60.